The van der Waals surface area contributed by atoms with Gasteiger partial charge in [0, 0.05) is 11.6 Å². The standard InChI is InChI=1S/C11H15BrO2/c1-8(2)10-6-9(14-7-13-3)4-5-11(10)12/h4-6,8H,7H2,1-3H3. The van der Waals surface area contributed by atoms with Crippen molar-refractivity contribution in [3.63, 3.8) is 0 Å². The number of rotatable bonds is 4. The van der Waals surface area contributed by atoms with Gasteiger partial charge in [-0.15, -0.1) is 0 Å². The predicted molar refractivity (Wildman–Crippen MR) is 60.7 cm³/mol. The summed E-state index contributed by atoms with van der Waals surface area (Å²) in [7, 11) is 1.61. The fourth-order valence-electron chi connectivity index (χ4n) is 1.18. The minimum atomic E-state index is 0.291. The first kappa shape index (κ1) is 11.5. The van der Waals surface area contributed by atoms with E-state index in [1.165, 1.54) is 5.56 Å². The summed E-state index contributed by atoms with van der Waals surface area (Å²) in [6.45, 7) is 4.60. The van der Waals surface area contributed by atoms with Gasteiger partial charge in [0.05, 0.1) is 0 Å². The van der Waals surface area contributed by atoms with Crippen LogP contribution in [-0.4, -0.2) is 13.9 Å². The van der Waals surface area contributed by atoms with Gasteiger partial charge in [0.1, 0.15) is 5.75 Å². The fraction of sp³-hybridized carbons (Fsp3) is 0.455. The maximum atomic E-state index is 5.36. The van der Waals surface area contributed by atoms with Crippen LogP contribution in [0, 0.1) is 0 Å². The van der Waals surface area contributed by atoms with E-state index >= 15 is 0 Å². The smallest absolute Gasteiger partial charge is 0.188 e. The molecule has 0 aliphatic carbocycles. The normalized spacial score (nSPS) is 10.6. The molecule has 0 heterocycles. The van der Waals surface area contributed by atoms with Crippen molar-refractivity contribution < 1.29 is 9.47 Å². The lowest BCUT2D eigenvalue weighted by atomic mass is 10.0. The molecule has 0 atom stereocenters. The van der Waals surface area contributed by atoms with E-state index in [-0.39, 0.29) is 0 Å². The van der Waals surface area contributed by atoms with Gasteiger partial charge in [0.15, 0.2) is 6.79 Å². The Labute approximate surface area is 93.4 Å². The summed E-state index contributed by atoms with van der Waals surface area (Å²) in [6.07, 6.45) is 0. The van der Waals surface area contributed by atoms with E-state index in [2.05, 4.69) is 29.8 Å². The van der Waals surface area contributed by atoms with Crippen LogP contribution >= 0.6 is 15.9 Å². The molecule has 1 aromatic rings. The average molecular weight is 259 g/mol. The molecule has 78 valence electrons. The molecule has 0 saturated heterocycles. The van der Waals surface area contributed by atoms with Gasteiger partial charge >= 0.3 is 0 Å². The third-order valence-electron chi connectivity index (χ3n) is 1.93. The zero-order valence-electron chi connectivity index (χ0n) is 8.71. The molecule has 0 amide bonds. The summed E-state index contributed by atoms with van der Waals surface area (Å²) in [5.41, 5.74) is 1.25. The topological polar surface area (TPSA) is 18.5 Å². The molecule has 0 aromatic heterocycles. The average Bonchev–Trinajstić information content (AvgIpc) is 2.16. The lowest BCUT2D eigenvalue weighted by Crippen LogP contribution is -2.00. The van der Waals surface area contributed by atoms with E-state index in [0.29, 0.717) is 12.7 Å². The van der Waals surface area contributed by atoms with Crippen LogP contribution in [0.25, 0.3) is 0 Å². The lowest BCUT2D eigenvalue weighted by molar-refractivity contribution is 0.0510. The molecule has 0 radical (unpaired) electrons. The molecule has 1 aromatic carbocycles. The van der Waals surface area contributed by atoms with E-state index in [1.54, 1.807) is 7.11 Å². The summed E-state index contributed by atoms with van der Waals surface area (Å²) < 4.78 is 11.3. The van der Waals surface area contributed by atoms with Gasteiger partial charge in [-0.25, -0.2) is 0 Å². The lowest BCUT2D eigenvalue weighted by Gasteiger charge is -2.11. The van der Waals surface area contributed by atoms with Crippen molar-refractivity contribution in [2.75, 3.05) is 13.9 Å². The van der Waals surface area contributed by atoms with Crippen LogP contribution in [-0.2, 0) is 4.74 Å². The number of halogens is 1. The molecular weight excluding hydrogens is 244 g/mol. The molecule has 0 spiro atoms. The molecule has 14 heavy (non-hydrogen) atoms. The zero-order valence-corrected chi connectivity index (χ0v) is 10.3. The molecule has 0 aliphatic rings. The molecule has 0 bridgehead atoms. The Bertz CT molecular complexity index is 297. The molecule has 0 fully saturated rings. The van der Waals surface area contributed by atoms with Gasteiger partial charge in [0.2, 0.25) is 0 Å². The highest BCUT2D eigenvalue weighted by molar-refractivity contribution is 9.10. The fourth-order valence-corrected chi connectivity index (χ4v) is 1.89. The predicted octanol–water partition coefficient (Wildman–Crippen LogP) is 3.56. The van der Waals surface area contributed by atoms with Crippen molar-refractivity contribution in [3.05, 3.63) is 28.2 Å². The maximum Gasteiger partial charge on any atom is 0.188 e. The third-order valence-corrected chi connectivity index (χ3v) is 2.66. The number of hydrogen-bond donors (Lipinski definition) is 0. The summed E-state index contributed by atoms with van der Waals surface area (Å²) in [5, 5.41) is 0. The largest absolute Gasteiger partial charge is 0.468 e. The van der Waals surface area contributed by atoms with E-state index in [0.717, 1.165) is 10.2 Å². The van der Waals surface area contributed by atoms with Crippen LogP contribution in [0.3, 0.4) is 0 Å². The highest BCUT2D eigenvalue weighted by Crippen LogP contribution is 2.28. The number of ether oxygens (including phenoxy) is 2. The molecule has 3 heteroatoms. The molecule has 2 nitrogen and oxygen atoms in total. The maximum absolute atomic E-state index is 5.36. The van der Waals surface area contributed by atoms with Crippen LogP contribution in [0.1, 0.15) is 25.3 Å². The summed E-state index contributed by atoms with van der Waals surface area (Å²) in [6, 6.07) is 5.96. The second kappa shape index (κ2) is 5.37. The Morgan fingerprint density at radius 3 is 2.64 bits per heavy atom. The first-order chi connectivity index (χ1) is 6.65. The van der Waals surface area contributed by atoms with Crippen molar-refractivity contribution in [2.45, 2.75) is 19.8 Å². The number of hydrogen-bond acceptors (Lipinski definition) is 2. The van der Waals surface area contributed by atoms with Crippen molar-refractivity contribution in [1.29, 1.82) is 0 Å². The number of methoxy groups -OCH3 is 1. The van der Waals surface area contributed by atoms with Crippen LogP contribution in [0.2, 0.25) is 0 Å². The number of benzene rings is 1. The van der Waals surface area contributed by atoms with Crippen LogP contribution in [0.4, 0.5) is 0 Å². The Hall–Kier alpha value is -0.540. The van der Waals surface area contributed by atoms with Gasteiger partial charge in [-0.3, -0.25) is 0 Å². The van der Waals surface area contributed by atoms with Crippen molar-refractivity contribution >= 4 is 15.9 Å². The summed E-state index contributed by atoms with van der Waals surface area (Å²) >= 11 is 3.51. The van der Waals surface area contributed by atoms with Gasteiger partial charge < -0.3 is 9.47 Å². The van der Waals surface area contributed by atoms with Gasteiger partial charge in [0.25, 0.3) is 0 Å². The Morgan fingerprint density at radius 2 is 2.07 bits per heavy atom. The Balaban J connectivity index is 2.83. The molecule has 1 rings (SSSR count). The Morgan fingerprint density at radius 1 is 1.36 bits per heavy atom. The van der Waals surface area contributed by atoms with E-state index in [1.807, 2.05) is 18.2 Å². The zero-order chi connectivity index (χ0) is 10.6. The quantitative estimate of drug-likeness (QED) is 0.770. The SMILES string of the molecule is COCOc1ccc(Br)c(C(C)C)c1. The van der Waals surface area contributed by atoms with E-state index < -0.39 is 0 Å². The molecule has 0 N–H and O–H groups in total. The second-order valence-corrected chi connectivity index (χ2v) is 4.24. The van der Waals surface area contributed by atoms with Crippen molar-refractivity contribution in [3.8, 4) is 5.75 Å². The molecule has 0 aliphatic heterocycles. The summed E-state index contributed by atoms with van der Waals surface area (Å²) in [4.78, 5) is 0. The highest BCUT2D eigenvalue weighted by atomic mass is 79.9. The van der Waals surface area contributed by atoms with Crippen LogP contribution in [0.5, 0.6) is 5.75 Å². The molecule has 0 unspecified atom stereocenters. The van der Waals surface area contributed by atoms with Crippen LogP contribution < -0.4 is 4.74 Å². The minimum absolute atomic E-state index is 0.291. The highest BCUT2D eigenvalue weighted by Gasteiger charge is 2.05. The monoisotopic (exact) mass is 258 g/mol. The second-order valence-electron chi connectivity index (χ2n) is 3.39. The van der Waals surface area contributed by atoms with E-state index in [9.17, 15) is 0 Å². The van der Waals surface area contributed by atoms with Crippen molar-refractivity contribution in [2.24, 2.45) is 0 Å². The third kappa shape index (κ3) is 3.00. The van der Waals surface area contributed by atoms with Gasteiger partial charge in [-0.05, 0) is 29.7 Å². The first-order valence-electron chi connectivity index (χ1n) is 4.56. The molecule has 0 saturated carbocycles. The van der Waals surface area contributed by atoms with E-state index in [4.69, 9.17) is 9.47 Å². The van der Waals surface area contributed by atoms with Gasteiger partial charge in [-0.1, -0.05) is 29.8 Å². The van der Waals surface area contributed by atoms with Gasteiger partial charge in [-0.2, -0.15) is 0 Å². The first-order valence-corrected chi connectivity index (χ1v) is 5.35. The minimum Gasteiger partial charge on any atom is -0.468 e. The Kier molecular flexibility index (Phi) is 4.42. The molecular formula is C11H15BrO2. The van der Waals surface area contributed by atoms with Crippen LogP contribution in [0.15, 0.2) is 22.7 Å². The summed E-state index contributed by atoms with van der Waals surface area (Å²) in [5.74, 6) is 1.33. The van der Waals surface area contributed by atoms with Crippen molar-refractivity contribution in [1.82, 2.24) is 0 Å².